The molecule has 1 N–H and O–H groups in total. The zero-order valence-corrected chi connectivity index (χ0v) is 10.7. The van der Waals surface area contributed by atoms with E-state index in [1.807, 2.05) is 12.1 Å². The number of carbonyl (C=O) groups excluding carboxylic acids is 1. The Morgan fingerprint density at radius 3 is 3.17 bits per heavy atom. The van der Waals surface area contributed by atoms with Crippen molar-refractivity contribution >= 4 is 5.91 Å². The predicted molar refractivity (Wildman–Crippen MR) is 69.2 cm³/mol. The van der Waals surface area contributed by atoms with E-state index >= 15 is 0 Å². The van der Waals surface area contributed by atoms with Crippen LogP contribution in [0.25, 0.3) is 0 Å². The normalized spacial score (nSPS) is 30.5. The van der Waals surface area contributed by atoms with Crippen LogP contribution in [0.15, 0.2) is 24.5 Å². The second kappa shape index (κ2) is 4.69. The first-order valence-electron chi connectivity index (χ1n) is 6.73. The van der Waals surface area contributed by atoms with Gasteiger partial charge in [0.25, 0.3) is 5.91 Å². The number of likely N-dealkylation sites (tertiary alicyclic amines) is 1. The topological polar surface area (TPSA) is 45.2 Å². The molecular weight excluding hydrogens is 226 g/mol. The highest BCUT2D eigenvalue weighted by molar-refractivity contribution is 5.94. The van der Waals surface area contributed by atoms with Crippen LogP contribution >= 0.6 is 0 Å². The van der Waals surface area contributed by atoms with Gasteiger partial charge in [0.05, 0.1) is 5.56 Å². The van der Waals surface area contributed by atoms with Crippen LogP contribution in [0.3, 0.4) is 0 Å². The minimum atomic E-state index is 0.143. The van der Waals surface area contributed by atoms with Gasteiger partial charge in [0.15, 0.2) is 0 Å². The van der Waals surface area contributed by atoms with Crippen molar-refractivity contribution in [1.82, 2.24) is 15.2 Å². The van der Waals surface area contributed by atoms with Crippen molar-refractivity contribution in [3.05, 3.63) is 30.1 Å². The van der Waals surface area contributed by atoms with E-state index in [-0.39, 0.29) is 5.91 Å². The van der Waals surface area contributed by atoms with Crippen LogP contribution in [-0.2, 0) is 0 Å². The molecule has 3 rings (SSSR count). The second-order valence-electron chi connectivity index (χ2n) is 5.26. The van der Waals surface area contributed by atoms with Gasteiger partial charge in [-0.25, -0.2) is 0 Å². The van der Waals surface area contributed by atoms with E-state index in [0.717, 1.165) is 26.1 Å². The van der Waals surface area contributed by atoms with Crippen LogP contribution in [0.2, 0.25) is 0 Å². The molecule has 3 atom stereocenters. The van der Waals surface area contributed by atoms with Gasteiger partial charge < -0.3 is 10.2 Å². The lowest BCUT2D eigenvalue weighted by molar-refractivity contribution is 0.0711. The van der Waals surface area contributed by atoms with E-state index in [9.17, 15) is 4.79 Å². The SMILES string of the molecule is CCC1C2CNCC2CN1C(=O)c1cccnc1. The van der Waals surface area contributed by atoms with Crippen LogP contribution in [0.4, 0.5) is 0 Å². The van der Waals surface area contributed by atoms with Gasteiger partial charge in [-0.2, -0.15) is 0 Å². The van der Waals surface area contributed by atoms with Crippen molar-refractivity contribution in [3.63, 3.8) is 0 Å². The van der Waals surface area contributed by atoms with Gasteiger partial charge in [0.1, 0.15) is 0 Å². The second-order valence-corrected chi connectivity index (χ2v) is 5.26. The maximum Gasteiger partial charge on any atom is 0.255 e. The fraction of sp³-hybridized carbons (Fsp3) is 0.571. The summed E-state index contributed by atoms with van der Waals surface area (Å²) in [6.45, 7) is 5.18. The monoisotopic (exact) mass is 245 g/mol. The Hall–Kier alpha value is -1.42. The highest BCUT2D eigenvalue weighted by Gasteiger charge is 2.45. The summed E-state index contributed by atoms with van der Waals surface area (Å²) in [5.41, 5.74) is 0.712. The fourth-order valence-corrected chi connectivity index (χ4v) is 3.43. The Bertz CT molecular complexity index is 434. The van der Waals surface area contributed by atoms with Gasteiger partial charge in [-0.15, -0.1) is 0 Å². The molecule has 3 heterocycles. The minimum absolute atomic E-state index is 0.143. The number of hydrogen-bond donors (Lipinski definition) is 1. The first-order chi connectivity index (χ1) is 8.81. The van der Waals surface area contributed by atoms with Gasteiger partial charge in [-0.05, 0) is 30.4 Å². The fourth-order valence-electron chi connectivity index (χ4n) is 3.43. The largest absolute Gasteiger partial charge is 0.335 e. The molecule has 2 fully saturated rings. The number of aromatic nitrogens is 1. The lowest BCUT2D eigenvalue weighted by atomic mass is 9.93. The number of pyridine rings is 1. The molecule has 0 saturated carbocycles. The number of nitrogens with one attached hydrogen (secondary N) is 1. The number of amides is 1. The molecule has 2 aliphatic heterocycles. The first-order valence-corrected chi connectivity index (χ1v) is 6.73. The molecule has 2 saturated heterocycles. The average Bonchev–Trinajstić information content (AvgIpc) is 2.98. The molecule has 3 unspecified atom stereocenters. The van der Waals surface area contributed by atoms with Crippen molar-refractivity contribution in [3.8, 4) is 0 Å². The molecule has 4 heteroatoms. The maximum absolute atomic E-state index is 12.5. The van der Waals surface area contributed by atoms with Crippen molar-refractivity contribution in [2.45, 2.75) is 19.4 Å². The van der Waals surface area contributed by atoms with E-state index in [1.165, 1.54) is 0 Å². The van der Waals surface area contributed by atoms with E-state index in [1.54, 1.807) is 12.4 Å². The molecule has 18 heavy (non-hydrogen) atoms. The van der Waals surface area contributed by atoms with Crippen molar-refractivity contribution in [1.29, 1.82) is 0 Å². The summed E-state index contributed by atoms with van der Waals surface area (Å²) in [6.07, 6.45) is 4.41. The van der Waals surface area contributed by atoms with Gasteiger partial charge in [-0.1, -0.05) is 6.92 Å². The molecule has 96 valence electrons. The molecule has 0 aliphatic carbocycles. The predicted octanol–water partition coefficient (Wildman–Crippen LogP) is 1.15. The molecule has 0 radical (unpaired) electrons. The molecule has 0 spiro atoms. The smallest absolute Gasteiger partial charge is 0.255 e. The molecule has 0 bridgehead atoms. The van der Waals surface area contributed by atoms with Crippen LogP contribution in [0.1, 0.15) is 23.7 Å². The summed E-state index contributed by atoms with van der Waals surface area (Å²) < 4.78 is 0. The highest BCUT2D eigenvalue weighted by Crippen LogP contribution is 2.34. The number of hydrogen-bond acceptors (Lipinski definition) is 3. The summed E-state index contributed by atoms with van der Waals surface area (Å²) in [5, 5.41) is 3.44. The highest BCUT2D eigenvalue weighted by atomic mass is 16.2. The van der Waals surface area contributed by atoms with Crippen molar-refractivity contribution in [2.24, 2.45) is 11.8 Å². The standard InChI is InChI=1S/C14H19N3O/c1-2-13-12-8-16-7-11(12)9-17(13)14(18)10-4-3-5-15-6-10/h3-6,11-13,16H,2,7-9H2,1H3. The Labute approximate surface area is 107 Å². The lowest BCUT2D eigenvalue weighted by Crippen LogP contribution is -2.39. The summed E-state index contributed by atoms with van der Waals surface area (Å²) in [7, 11) is 0. The minimum Gasteiger partial charge on any atom is -0.335 e. The Balaban J connectivity index is 1.82. The van der Waals surface area contributed by atoms with Gasteiger partial charge >= 0.3 is 0 Å². The third kappa shape index (κ3) is 1.81. The first kappa shape index (κ1) is 11.7. The summed E-state index contributed by atoms with van der Waals surface area (Å²) in [4.78, 5) is 18.6. The number of carbonyl (C=O) groups is 1. The third-order valence-corrected chi connectivity index (χ3v) is 4.31. The van der Waals surface area contributed by atoms with Gasteiger partial charge in [0.2, 0.25) is 0 Å². The molecule has 4 nitrogen and oxygen atoms in total. The Morgan fingerprint density at radius 2 is 2.44 bits per heavy atom. The summed E-state index contributed by atoms with van der Waals surface area (Å²) in [6, 6.07) is 4.07. The van der Waals surface area contributed by atoms with E-state index in [2.05, 4.69) is 22.1 Å². The molecular formula is C14H19N3O. The molecule has 2 aliphatic rings. The van der Waals surface area contributed by atoms with Gasteiger partial charge in [-0.3, -0.25) is 9.78 Å². The van der Waals surface area contributed by atoms with Crippen LogP contribution in [0, 0.1) is 11.8 Å². The average molecular weight is 245 g/mol. The van der Waals surface area contributed by atoms with Gasteiger partial charge in [0, 0.05) is 38.1 Å². The van der Waals surface area contributed by atoms with Crippen LogP contribution < -0.4 is 5.32 Å². The number of rotatable bonds is 2. The van der Waals surface area contributed by atoms with Crippen LogP contribution in [-0.4, -0.2) is 41.5 Å². The Kier molecular flexibility index (Phi) is 3.04. The Morgan fingerprint density at radius 1 is 1.56 bits per heavy atom. The van der Waals surface area contributed by atoms with Crippen LogP contribution in [0.5, 0.6) is 0 Å². The lowest BCUT2D eigenvalue weighted by Gasteiger charge is -2.26. The quantitative estimate of drug-likeness (QED) is 0.850. The van der Waals surface area contributed by atoms with E-state index in [4.69, 9.17) is 0 Å². The number of nitrogens with zero attached hydrogens (tertiary/aromatic N) is 2. The zero-order valence-electron chi connectivity index (χ0n) is 10.7. The number of fused-ring (bicyclic) bond motifs is 1. The molecule has 1 aromatic rings. The molecule has 0 aromatic carbocycles. The van der Waals surface area contributed by atoms with E-state index in [0.29, 0.717) is 23.4 Å². The zero-order chi connectivity index (χ0) is 12.5. The summed E-state index contributed by atoms with van der Waals surface area (Å²) in [5.74, 6) is 1.41. The third-order valence-electron chi connectivity index (χ3n) is 4.31. The van der Waals surface area contributed by atoms with Crippen molar-refractivity contribution in [2.75, 3.05) is 19.6 Å². The molecule has 1 aromatic heterocycles. The molecule has 1 amide bonds. The van der Waals surface area contributed by atoms with E-state index < -0.39 is 0 Å². The van der Waals surface area contributed by atoms with Crippen molar-refractivity contribution < 1.29 is 4.79 Å². The maximum atomic E-state index is 12.5. The summed E-state index contributed by atoms with van der Waals surface area (Å²) >= 11 is 0.